The standard InChI is InChI=1S/C19H34N4O2/c1-7-20-18(22-15-19(2,3)24-6)21-14-16-10-8-9-11-17(16)25-13-12-23(4)5/h8-11H,7,12-15H2,1-6H3,(H2,20,21,22). The highest BCUT2D eigenvalue weighted by molar-refractivity contribution is 5.79. The third kappa shape index (κ3) is 8.74. The molecule has 0 amide bonds. The van der Waals surface area contributed by atoms with Crippen molar-refractivity contribution in [3.8, 4) is 5.75 Å². The average molecular weight is 351 g/mol. The van der Waals surface area contributed by atoms with Gasteiger partial charge in [-0.3, -0.25) is 0 Å². The van der Waals surface area contributed by atoms with Gasteiger partial charge in [0.05, 0.1) is 12.1 Å². The monoisotopic (exact) mass is 350 g/mol. The van der Waals surface area contributed by atoms with Gasteiger partial charge in [0.25, 0.3) is 0 Å². The number of aliphatic imine (C=N–C) groups is 1. The van der Waals surface area contributed by atoms with Crippen LogP contribution in [-0.4, -0.2) is 63.9 Å². The Balaban J connectivity index is 2.71. The van der Waals surface area contributed by atoms with Crippen molar-refractivity contribution in [2.45, 2.75) is 32.9 Å². The second-order valence-electron chi connectivity index (χ2n) is 6.77. The number of likely N-dealkylation sites (N-methyl/N-ethyl adjacent to an activating group) is 1. The summed E-state index contributed by atoms with van der Waals surface area (Å²) in [5.74, 6) is 1.66. The summed E-state index contributed by atoms with van der Waals surface area (Å²) in [5, 5.41) is 6.59. The third-order valence-electron chi connectivity index (χ3n) is 3.75. The first-order valence-corrected chi connectivity index (χ1v) is 8.80. The number of nitrogens with zero attached hydrogens (tertiary/aromatic N) is 2. The summed E-state index contributed by atoms with van der Waals surface area (Å²) in [4.78, 5) is 6.78. The Bertz CT molecular complexity index is 530. The van der Waals surface area contributed by atoms with Gasteiger partial charge in [0.1, 0.15) is 12.4 Å². The van der Waals surface area contributed by atoms with Gasteiger partial charge in [0, 0.05) is 32.3 Å². The summed E-state index contributed by atoms with van der Waals surface area (Å²) in [5.41, 5.74) is 0.827. The predicted molar refractivity (Wildman–Crippen MR) is 104 cm³/mol. The predicted octanol–water partition coefficient (Wildman–Crippen LogP) is 2.11. The van der Waals surface area contributed by atoms with E-state index in [-0.39, 0.29) is 5.60 Å². The Morgan fingerprint density at radius 3 is 2.56 bits per heavy atom. The first-order chi connectivity index (χ1) is 11.9. The summed E-state index contributed by atoms with van der Waals surface area (Å²) in [6, 6.07) is 8.05. The van der Waals surface area contributed by atoms with Crippen LogP contribution in [0.4, 0.5) is 0 Å². The summed E-state index contributed by atoms with van der Waals surface area (Å²) in [6.45, 7) is 9.71. The Morgan fingerprint density at radius 1 is 1.20 bits per heavy atom. The van der Waals surface area contributed by atoms with Crippen LogP contribution in [0.15, 0.2) is 29.3 Å². The zero-order valence-electron chi connectivity index (χ0n) is 16.6. The number of hydrogen-bond acceptors (Lipinski definition) is 4. The zero-order chi connectivity index (χ0) is 18.7. The van der Waals surface area contributed by atoms with E-state index >= 15 is 0 Å². The van der Waals surface area contributed by atoms with Gasteiger partial charge in [-0.05, 0) is 40.9 Å². The van der Waals surface area contributed by atoms with Crippen molar-refractivity contribution in [2.24, 2.45) is 4.99 Å². The fraction of sp³-hybridized carbons (Fsp3) is 0.632. The molecule has 142 valence electrons. The van der Waals surface area contributed by atoms with E-state index in [0.717, 1.165) is 30.4 Å². The van der Waals surface area contributed by atoms with Gasteiger partial charge in [-0.15, -0.1) is 0 Å². The molecule has 0 spiro atoms. The van der Waals surface area contributed by atoms with Crippen molar-refractivity contribution in [2.75, 3.05) is 47.4 Å². The molecule has 25 heavy (non-hydrogen) atoms. The maximum Gasteiger partial charge on any atom is 0.191 e. The van der Waals surface area contributed by atoms with Crippen LogP contribution in [0.25, 0.3) is 0 Å². The van der Waals surface area contributed by atoms with Crippen LogP contribution in [0, 0.1) is 0 Å². The molecular weight excluding hydrogens is 316 g/mol. The van der Waals surface area contributed by atoms with Crippen molar-refractivity contribution >= 4 is 5.96 Å². The molecule has 0 atom stereocenters. The van der Waals surface area contributed by atoms with Gasteiger partial charge in [-0.25, -0.2) is 4.99 Å². The minimum absolute atomic E-state index is 0.247. The molecule has 0 aliphatic carbocycles. The number of rotatable bonds is 10. The van der Waals surface area contributed by atoms with Crippen LogP contribution in [0.5, 0.6) is 5.75 Å². The summed E-state index contributed by atoms with van der Waals surface area (Å²) in [6.07, 6.45) is 0. The molecule has 0 saturated heterocycles. The van der Waals surface area contributed by atoms with E-state index < -0.39 is 0 Å². The lowest BCUT2D eigenvalue weighted by Crippen LogP contribution is -2.45. The van der Waals surface area contributed by atoms with Gasteiger partial charge >= 0.3 is 0 Å². The largest absolute Gasteiger partial charge is 0.492 e. The molecule has 6 heteroatoms. The first-order valence-electron chi connectivity index (χ1n) is 8.80. The molecule has 0 saturated carbocycles. The molecule has 2 N–H and O–H groups in total. The van der Waals surface area contributed by atoms with Gasteiger partial charge in [0.2, 0.25) is 0 Å². The number of para-hydroxylation sites is 1. The zero-order valence-corrected chi connectivity index (χ0v) is 16.6. The number of benzene rings is 1. The second kappa shape index (κ2) is 10.9. The van der Waals surface area contributed by atoms with E-state index in [2.05, 4.69) is 33.5 Å². The number of methoxy groups -OCH3 is 1. The molecule has 0 aliphatic heterocycles. The van der Waals surface area contributed by atoms with Gasteiger partial charge in [0.15, 0.2) is 5.96 Å². The minimum Gasteiger partial charge on any atom is -0.492 e. The molecule has 0 fully saturated rings. The molecule has 0 radical (unpaired) electrons. The van der Waals surface area contributed by atoms with Gasteiger partial charge in [-0.1, -0.05) is 18.2 Å². The van der Waals surface area contributed by atoms with E-state index in [0.29, 0.717) is 19.7 Å². The van der Waals surface area contributed by atoms with Crippen molar-refractivity contribution in [1.82, 2.24) is 15.5 Å². The van der Waals surface area contributed by atoms with Crippen molar-refractivity contribution in [1.29, 1.82) is 0 Å². The fourth-order valence-electron chi connectivity index (χ4n) is 1.99. The van der Waals surface area contributed by atoms with E-state index in [4.69, 9.17) is 9.47 Å². The van der Waals surface area contributed by atoms with E-state index in [1.54, 1.807) is 7.11 Å². The lowest BCUT2D eigenvalue weighted by molar-refractivity contribution is 0.0268. The molecule has 0 bridgehead atoms. The highest BCUT2D eigenvalue weighted by Gasteiger charge is 2.16. The van der Waals surface area contributed by atoms with Crippen LogP contribution >= 0.6 is 0 Å². The summed E-state index contributed by atoms with van der Waals surface area (Å²) >= 11 is 0. The van der Waals surface area contributed by atoms with Crippen LogP contribution in [0.1, 0.15) is 26.3 Å². The van der Waals surface area contributed by atoms with E-state index in [9.17, 15) is 0 Å². The highest BCUT2D eigenvalue weighted by Crippen LogP contribution is 2.18. The van der Waals surface area contributed by atoms with Gasteiger partial charge in [-0.2, -0.15) is 0 Å². The molecule has 0 unspecified atom stereocenters. The molecule has 6 nitrogen and oxygen atoms in total. The lowest BCUT2D eigenvalue weighted by Gasteiger charge is -2.24. The maximum atomic E-state index is 5.90. The molecular formula is C19H34N4O2. The van der Waals surface area contributed by atoms with Crippen LogP contribution in [-0.2, 0) is 11.3 Å². The lowest BCUT2D eigenvalue weighted by atomic mass is 10.1. The van der Waals surface area contributed by atoms with Crippen LogP contribution in [0.2, 0.25) is 0 Å². The number of nitrogens with one attached hydrogen (secondary N) is 2. The third-order valence-corrected chi connectivity index (χ3v) is 3.75. The number of hydrogen-bond donors (Lipinski definition) is 2. The Labute approximate surface area is 152 Å². The Kier molecular flexibility index (Phi) is 9.31. The molecule has 0 aromatic heterocycles. The Hall–Kier alpha value is -1.79. The molecule has 1 aromatic rings. The fourth-order valence-corrected chi connectivity index (χ4v) is 1.99. The SMILES string of the molecule is CCNC(=NCc1ccccc1OCCN(C)C)NCC(C)(C)OC. The second-order valence-corrected chi connectivity index (χ2v) is 6.77. The summed E-state index contributed by atoms with van der Waals surface area (Å²) < 4.78 is 11.3. The van der Waals surface area contributed by atoms with Crippen LogP contribution in [0.3, 0.4) is 0 Å². The molecule has 1 aromatic carbocycles. The number of ether oxygens (including phenoxy) is 2. The highest BCUT2D eigenvalue weighted by atomic mass is 16.5. The topological polar surface area (TPSA) is 58.1 Å². The average Bonchev–Trinajstić information content (AvgIpc) is 2.58. The maximum absolute atomic E-state index is 5.90. The first kappa shape index (κ1) is 21.3. The smallest absolute Gasteiger partial charge is 0.191 e. The normalized spacial score (nSPS) is 12.4. The van der Waals surface area contributed by atoms with Crippen molar-refractivity contribution < 1.29 is 9.47 Å². The van der Waals surface area contributed by atoms with E-state index in [1.165, 1.54) is 0 Å². The van der Waals surface area contributed by atoms with Crippen LogP contribution < -0.4 is 15.4 Å². The van der Waals surface area contributed by atoms with Gasteiger partial charge < -0.3 is 25.0 Å². The molecule has 0 aliphatic rings. The van der Waals surface area contributed by atoms with Crippen molar-refractivity contribution in [3.63, 3.8) is 0 Å². The molecule has 1 rings (SSSR count). The minimum atomic E-state index is -0.247. The molecule has 0 heterocycles. The quantitative estimate of drug-likeness (QED) is 0.500. The summed E-state index contributed by atoms with van der Waals surface area (Å²) in [7, 11) is 5.79. The van der Waals surface area contributed by atoms with E-state index in [1.807, 2.05) is 46.1 Å². The number of guanidine groups is 1. The Morgan fingerprint density at radius 2 is 1.92 bits per heavy atom. The van der Waals surface area contributed by atoms with Crippen molar-refractivity contribution in [3.05, 3.63) is 29.8 Å².